The van der Waals surface area contributed by atoms with E-state index >= 15 is 0 Å². The summed E-state index contributed by atoms with van der Waals surface area (Å²) in [5.41, 5.74) is -0.0826. The molecular weight excluding hydrogens is 494 g/mol. The average molecular weight is 519 g/mol. The van der Waals surface area contributed by atoms with E-state index in [1.165, 1.54) is 28.9 Å². The third-order valence-electron chi connectivity index (χ3n) is 4.39. The molecule has 0 saturated carbocycles. The number of nitrogens with one attached hydrogen (secondary N) is 1. The van der Waals surface area contributed by atoms with Crippen LogP contribution >= 0.6 is 24.0 Å². The maximum atomic E-state index is 12.8. The lowest BCUT2D eigenvalue weighted by atomic mass is 10.2. The van der Waals surface area contributed by atoms with Crippen LogP contribution in [0.1, 0.15) is 13.8 Å². The van der Waals surface area contributed by atoms with E-state index in [0.29, 0.717) is 51.8 Å². The highest BCUT2D eigenvalue weighted by Crippen LogP contribution is 2.25. The highest BCUT2D eigenvalue weighted by atomic mass is 127. The second-order valence-corrected chi connectivity index (χ2v) is 6.19. The largest absolute Gasteiger partial charge is 0.403 e. The summed E-state index contributed by atoms with van der Waals surface area (Å²) in [6.45, 7) is 5.93. The molecule has 0 amide bonds. The molecule has 13 heteroatoms. The Morgan fingerprint density at radius 2 is 2.04 bits per heavy atom. The number of nitrogens with zero attached hydrogens (tertiary/aromatic N) is 6. The van der Waals surface area contributed by atoms with Crippen molar-refractivity contribution in [3.05, 3.63) is 22.5 Å². The van der Waals surface area contributed by atoms with Crippen molar-refractivity contribution in [2.45, 2.75) is 32.6 Å². The molecule has 160 valence electrons. The predicted molar refractivity (Wildman–Crippen MR) is 109 cm³/mol. The number of hydrogen-bond donors (Lipinski definition) is 1. The van der Waals surface area contributed by atoms with Crippen LogP contribution in [0.3, 0.4) is 0 Å². The Labute approximate surface area is 178 Å². The average Bonchev–Trinajstić information content (AvgIpc) is 3.09. The first kappa shape index (κ1) is 24.4. The maximum absolute atomic E-state index is 12.8. The molecule has 1 fully saturated rings. The van der Waals surface area contributed by atoms with E-state index in [4.69, 9.17) is 0 Å². The van der Waals surface area contributed by atoms with Gasteiger partial charge in [0.05, 0.1) is 18.0 Å². The maximum Gasteiger partial charge on any atom is 0.403 e. The van der Waals surface area contributed by atoms with Crippen molar-refractivity contribution in [3.63, 3.8) is 0 Å². The second-order valence-electron chi connectivity index (χ2n) is 6.19. The monoisotopic (exact) mass is 519 g/mol. The van der Waals surface area contributed by atoms with Gasteiger partial charge in [-0.05, 0) is 13.8 Å². The van der Waals surface area contributed by atoms with Gasteiger partial charge >= 0.3 is 11.9 Å². The Morgan fingerprint density at radius 3 is 2.54 bits per heavy atom. The summed E-state index contributed by atoms with van der Waals surface area (Å²) >= 11 is 0. The molecule has 0 spiro atoms. The van der Waals surface area contributed by atoms with Crippen LogP contribution in [-0.2, 0) is 6.54 Å². The number of aromatic nitrogens is 2. The molecule has 28 heavy (non-hydrogen) atoms. The Morgan fingerprint density at radius 1 is 1.39 bits per heavy atom. The molecule has 0 bridgehead atoms. The normalized spacial score (nSPS) is 17.2. The van der Waals surface area contributed by atoms with E-state index in [1.807, 2.05) is 11.8 Å². The van der Waals surface area contributed by atoms with E-state index in [2.05, 4.69) is 15.4 Å². The molecule has 1 aliphatic heterocycles. The third-order valence-corrected chi connectivity index (χ3v) is 4.39. The van der Waals surface area contributed by atoms with Crippen molar-refractivity contribution in [3.8, 4) is 0 Å². The fourth-order valence-corrected chi connectivity index (χ4v) is 2.78. The number of halogens is 4. The molecular formula is C15H25F3IN7O2. The SMILES string of the molecule is CCNC(=NCCn1cc([N+](=O)[O-])cn1)N1CCN(C(C)C(F)(F)F)CC1.I. The summed E-state index contributed by atoms with van der Waals surface area (Å²) in [4.78, 5) is 18.0. The molecule has 0 aromatic carbocycles. The quantitative estimate of drug-likeness (QED) is 0.203. The van der Waals surface area contributed by atoms with Crippen molar-refractivity contribution < 1.29 is 18.1 Å². The van der Waals surface area contributed by atoms with E-state index in [1.54, 1.807) is 0 Å². The van der Waals surface area contributed by atoms with Crippen molar-refractivity contribution in [1.29, 1.82) is 0 Å². The number of hydrogen-bond acceptors (Lipinski definition) is 5. The van der Waals surface area contributed by atoms with Gasteiger partial charge in [0, 0.05) is 32.7 Å². The van der Waals surface area contributed by atoms with Gasteiger partial charge in [0.2, 0.25) is 0 Å². The summed E-state index contributed by atoms with van der Waals surface area (Å²) in [6, 6.07) is -1.46. The van der Waals surface area contributed by atoms with Gasteiger partial charge in [-0.2, -0.15) is 18.3 Å². The number of aliphatic imine (C=N–C) groups is 1. The van der Waals surface area contributed by atoms with Gasteiger partial charge in [-0.1, -0.05) is 0 Å². The number of alkyl halides is 3. The van der Waals surface area contributed by atoms with E-state index in [0.717, 1.165) is 0 Å². The fourth-order valence-electron chi connectivity index (χ4n) is 2.78. The molecule has 1 atom stereocenters. The summed E-state index contributed by atoms with van der Waals surface area (Å²) < 4.78 is 40.0. The van der Waals surface area contributed by atoms with Crippen LogP contribution in [0.5, 0.6) is 0 Å². The Bertz CT molecular complexity index is 660. The van der Waals surface area contributed by atoms with Gasteiger partial charge in [-0.15, -0.1) is 24.0 Å². The molecule has 1 aromatic rings. The van der Waals surface area contributed by atoms with Crippen LogP contribution in [0, 0.1) is 10.1 Å². The van der Waals surface area contributed by atoms with Crippen LogP contribution in [0.2, 0.25) is 0 Å². The standard InChI is InChI=1S/C15H24F3N7O2.HI/c1-3-19-14(20-4-5-24-11-13(10-21-24)25(26)27)23-8-6-22(7-9-23)12(2)15(16,17)18;/h10-12H,3-9H2,1-2H3,(H,19,20);1H. The first-order chi connectivity index (χ1) is 12.7. The van der Waals surface area contributed by atoms with E-state index in [9.17, 15) is 23.3 Å². The molecule has 2 heterocycles. The minimum absolute atomic E-state index is 0. The van der Waals surface area contributed by atoms with Crippen LogP contribution in [0.25, 0.3) is 0 Å². The topological polar surface area (TPSA) is 91.8 Å². The smallest absolute Gasteiger partial charge is 0.357 e. The molecule has 1 aliphatic rings. The lowest BCUT2D eigenvalue weighted by Crippen LogP contribution is -2.56. The van der Waals surface area contributed by atoms with E-state index < -0.39 is 17.1 Å². The number of guanidine groups is 1. The van der Waals surface area contributed by atoms with Crippen molar-refractivity contribution in [1.82, 2.24) is 24.9 Å². The zero-order valence-corrected chi connectivity index (χ0v) is 18.1. The molecule has 1 unspecified atom stereocenters. The Balaban J connectivity index is 0.00000392. The van der Waals surface area contributed by atoms with Gasteiger partial charge in [-0.25, -0.2) is 0 Å². The summed E-state index contributed by atoms with van der Waals surface area (Å²) in [7, 11) is 0. The molecule has 0 aliphatic carbocycles. The highest BCUT2D eigenvalue weighted by Gasteiger charge is 2.41. The molecule has 1 aromatic heterocycles. The van der Waals surface area contributed by atoms with Gasteiger partial charge in [-0.3, -0.25) is 24.7 Å². The fraction of sp³-hybridized carbons (Fsp3) is 0.733. The summed E-state index contributed by atoms with van der Waals surface area (Å²) in [5, 5.41) is 17.7. The van der Waals surface area contributed by atoms with Crippen LogP contribution in [-0.4, -0.2) is 81.9 Å². The molecule has 0 radical (unpaired) electrons. The Hall–Kier alpha value is -1.64. The zero-order valence-electron chi connectivity index (χ0n) is 15.7. The van der Waals surface area contributed by atoms with Crippen molar-refractivity contribution >= 4 is 35.6 Å². The second kappa shape index (κ2) is 10.8. The lowest BCUT2D eigenvalue weighted by Gasteiger charge is -2.39. The van der Waals surface area contributed by atoms with Crippen molar-refractivity contribution in [2.75, 3.05) is 39.3 Å². The Kier molecular flexibility index (Phi) is 9.39. The summed E-state index contributed by atoms with van der Waals surface area (Å²) in [5.74, 6) is 0.624. The van der Waals surface area contributed by atoms with Crippen molar-refractivity contribution in [2.24, 2.45) is 4.99 Å². The molecule has 2 rings (SSSR count). The number of piperazine rings is 1. The molecule has 9 nitrogen and oxygen atoms in total. The van der Waals surface area contributed by atoms with Crippen LogP contribution in [0.15, 0.2) is 17.4 Å². The first-order valence-corrected chi connectivity index (χ1v) is 8.73. The zero-order chi connectivity index (χ0) is 20.0. The van der Waals surface area contributed by atoms with Gasteiger partial charge in [0.15, 0.2) is 5.96 Å². The predicted octanol–water partition coefficient (Wildman–Crippen LogP) is 1.94. The number of nitro groups is 1. The molecule has 1 N–H and O–H groups in total. The summed E-state index contributed by atoms with van der Waals surface area (Å²) in [6.07, 6.45) is -1.72. The molecule has 1 saturated heterocycles. The number of rotatable bonds is 6. The van der Waals surface area contributed by atoms with E-state index in [-0.39, 0.29) is 29.7 Å². The van der Waals surface area contributed by atoms with Gasteiger partial charge in [0.1, 0.15) is 18.4 Å². The van der Waals surface area contributed by atoms with Crippen LogP contribution in [0.4, 0.5) is 18.9 Å². The highest BCUT2D eigenvalue weighted by molar-refractivity contribution is 14.0. The third kappa shape index (κ3) is 6.76. The minimum Gasteiger partial charge on any atom is -0.357 e. The lowest BCUT2D eigenvalue weighted by molar-refractivity contribution is -0.385. The van der Waals surface area contributed by atoms with Gasteiger partial charge < -0.3 is 10.2 Å². The van der Waals surface area contributed by atoms with Gasteiger partial charge in [0.25, 0.3) is 0 Å². The minimum atomic E-state index is -4.23. The van der Waals surface area contributed by atoms with Crippen LogP contribution < -0.4 is 5.32 Å². The first-order valence-electron chi connectivity index (χ1n) is 8.73.